The monoisotopic (exact) mass is 566 g/mol. The van der Waals surface area contributed by atoms with Crippen molar-refractivity contribution in [3.63, 3.8) is 0 Å². The fourth-order valence-electron chi connectivity index (χ4n) is 4.77. The quantitative estimate of drug-likeness (QED) is 0.261. The van der Waals surface area contributed by atoms with E-state index in [9.17, 15) is 17.9 Å². The van der Waals surface area contributed by atoms with Gasteiger partial charge in [-0.05, 0) is 53.9 Å². The fraction of sp³-hybridized carbons (Fsp3) is 0.300. The Morgan fingerprint density at radius 2 is 1.73 bits per heavy atom. The van der Waals surface area contributed by atoms with Crippen LogP contribution >= 0.6 is 0 Å². The zero-order valence-electron chi connectivity index (χ0n) is 21.9. The number of benzene rings is 3. The molecule has 0 radical (unpaired) electrons. The molecule has 1 fully saturated rings. The summed E-state index contributed by atoms with van der Waals surface area (Å²) >= 11 is 0. The number of aromatic nitrogens is 1. The van der Waals surface area contributed by atoms with Crippen molar-refractivity contribution in [1.82, 2.24) is 4.98 Å². The molecule has 5 rings (SSSR count). The maximum absolute atomic E-state index is 14.3. The first-order valence-corrected chi connectivity index (χ1v) is 14.6. The van der Waals surface area contributed by atoms with Gasteiger partial charge in [0.1, 0.15) is 11.5 Å². The number of primary sulfonamides is 1. The van der Waals surface area contributed by atoms with Gasteiger partial charge in [0.15, 0.2) is 11.7 Å². The van der Waals surface area contributed by atoms with Crippen LogP contribution in [0.5, 0.6) is 0 Å². The highest BCUT2D eigenvalue weighted by Gasteiger charge is 2.32. The molecule has 0 spiro atoms. The molecule has 0 aliphatic carbocycles. The molecule has 0 bridgehead atoms. The molecule has 0 atom stereocenters. The lowest BCUT2D eigenvalue weighted by Crippen LogP contribution is -2.33. The lowest BCUT2D eigenvalue weighted by molar-refractivity contribution is -0.0681. The molecule has 10 heteroatoms. The van der Waals surface area contributed by atoms with Crippen LogP contribution in [-0.4, -0.2) is 38.3 Å². The Morgan fingerprint density at radius 1 is 1.00 bits per heavy atom. The number of sulfonamides is 1. The molecule has 3 N–H and O–H groups in total. The summed E-state index contributed by atoms with van der Waals surface area (Å²) in [5, 5.41) is 16.2. The van der Waals surface area contributed by atoms with Gasteiger partial charge in [-0.2, -0.15) is 0 Å². The molecule has 40 heavy (non-hydrogen) atoms. The molecule has 210 valence electrons. The third kappa shape index (κ3) is 6.65. The second-order valence-electron chi connectivity index (χ2n) is 9.87. The summed E-state index contributed by atoms with van der Waals surface area (Å²) in [4.78, 5) is 4.73. The standard InChI is InChI=1S/C30H31FN2O6S/c31-25-18-21(17-24(19-25)30(34)12-15-37-16-13-30)20-38-14-4-7-27-33-28(22-5-2-1-3-6-22)29(39-27)23-8-10-26(11-9-23)40(32,35)36/h1-3,5-6,8-11,17-19,34H,4,7,12-16,20H2,(H2,32,35,36). The molecular weight excluding hydrogens is 535 g/mol. The summed E-state index contributed by atoms with van der Waals surface area (Å²) in [5.74, 6) is 0.637. The average Bonchev–Trinajstić information content (AvgIpc) is 3.37. The van der Waals surface area contributed by atoms with E-state index in [1.54, 1.807) is 18.2 Å². The maximum atomic E-state index is 14.3. The SMILES string of the molecule is NS(=O)(=O)c1ccc(-c2oc(CCCOCc3cc(F)cc(C4(O)CCOCC4)c3)nc2-c2ccccc2)cc1. The van der Waals surface area contributed by atoms with Crippen LogP contribution in [0, 0.1) is 5.82 Å². The van der Waals surface area contributed by atoms with Crippen molar-refractivity contribution in [2.24, 2.45) is 5.14 Å². The summed E-state index contributed by atoms with van der Waals surface area (Å²) < 4.78 is 54.9. The number of hydrogen-bond donors (Lipinski definition) is 2. The van der Waals surface area contributed by atoms with Gasteiger partial charge in [-0.3, -0.25) is 0 Å². The third-order valence-electron chi connectivity index (χ3n) is 6.93. The van der Waals surface area contributed by atoms with Crippen molar-refractivity contribution < 1.29 is 31.8 Å². The molecular formula is C30H31FN2O6S. The van der Waals surface area contributed by atoms with Crippen LogP contribution in [0.4, 0.5) is 4.39 Å². The van der Waals surface area contributed by atoms with Crippen molar-refractivity contribution in [3.05, 3.63) is 95.6 Å². The largest absolute Gasteiger partial charge is 0.440 e. The van der Waals surface area contributed by atoms with Crippen molar-refractivity contribution in [2.75, 3.05) is 19.8 Å². The summed E-state index contributed by atoms with van der Waals surface area (Å²) in [6.07, 6.45) is 1.97. The summed E-state index contributed by atoms with van der Waals surface area (Å²) in [6.45, 7) is 1.48. The summed E-state index contributed by atoms with van der Waals surface area (Å²) in [7, 11) is -3.81. The second kappa shape index (κ2) is 12.0. The van der Waals surface area contributed by atoms with Gasteiger partial charge >= 0.3 is 0 Å². The predicted molar refractivity (Wildman–Crippen MR) is 147 cm³/mol. The van der Waals surface area contributed by atoms with E-state index in [0.29, 0.717) is 79.5 Å². The molecule has 0 amide bonds. The smallest absolute Gasteiger partial charge is 0.238 e. The Bertz CT molecular complexity index is 1550. The van der Waals surface area contributed by atoms with E-state index in [4.69, 9.17) is 24.0 Å². The van der Waals surface area contributed by atoms with Crippen LogP contribution in [0.2, 0.25) is 0 Å². The molecule has 0 saturated carbocycles. The van der Waals surface area contributed by atoms with E-state index >= 15 is 0 Å². The minimum Gasteiger partial charge on any atom is -0.440 e. The molecule has 1 saturated heterocycles. The summed E-state index contributed by atoms with van der Waals surface area (Å²) in [5.41, 5.74) is 2.31. The molecule has 3 aromatic carbocycles. The van der Waals surface area contributed by atoms with Crippen LogP contribution in [-0.2, 0) is 38.1 Å². The van der Waals surface area contributed by atoms with Gasteiger partial charge in [-0.1, -0.05) is 36.4 Å². The first kappa shape index (κ1) is 28.1. The van der Waals surface area contributed by atoms with Gasteiger partial charge in [0.25, 0.3) is 0 Å². The number of aliphatic hydroxyl groups is 1. The highest BCUT2D eigenvalue weighted by Crippen LogP contribution is 2.34. The first-order chi connectivity index (χ1) is 19.2. The molecule has 1 aliphatic rings. The van der Waals surface area contributed by atoms with E-state index in [2.05, 4.69) is 0 Å². The Morgan fingerprint density at radius 3 is 2.42 bits per heavy atom. The van der Waals surface area contributed by atoms with Crippen LogP contribution < -0.4 is 5.14 Å². The number of nitrogens with two attached hydrogens (primary N) is 1. The highest BCUT2D eigenvalue weighted by molar-refractivity contribution is 7.89. The predicted octanol–water partition coefficient (Wildman–Crippen LogP) is 4.94. The van der Waals surface area contributed by atoms with E-state index in [0.717, 1.165) is 5.56 Å². The highest BCUT2D eigenvalue weighted by atomic mass is 32.2. The Balaban J connectivity index is 1.24. The van der Waals surface area contributed by atoms with Gasteiger partial charge in [-0.25, -0.2) is 22.9 Å². The van der Waals surface area contributed by atoms with Gasteiger partial charge < -0.3 is 19.0 Å². The molecule has 0 unspecified atom stereocenters. The van der Waals surface area contributed by atoms with E-state index in [1.165, 1.54) is 24.3 Å². The van der Waals surface area contributed by atoms with Crippen LogP contribution in [0.25, 0.3) is 22.6 Å². The minimum atomic E-state index is -3.81. The zero-order valence-corrected chi connectivity index (χ0v) is 22.7. The molecule has 8 nitrogen and oxygen atoms in total. The number of nitrogens with zero attached hydrogens (tertiary/aromatic N) is 1. The Labute approximate surface area is 232 Å². The van der Waals surface area contributed by atoms with Crippen LogP contribution in [0.3, 0.4) is 0 Å². The van der Waals surface area contributed by atoms with E-state index in [-0.39, 0.29) is 11.5 Å². The van der Waals surface area contributed by atoms with Gasteiger partial charge in [-0.15, -0.1) is 0 Å². The lowest BCUT2D eigenvalue weighted by atomic mass is 9.85. The number of oxazole rings is 1. The zero-order chi connectivity index (χ0) is 28.2. The Hall–Kier alpha value is -3.41. The number of rotatable bonds is 10. The average molecular weight is 567 g/mol. The number of hydrogen-bond acceptors (Lipinski definition) is 7. The molecule has 1 aromatic heterocycles. The van der Waals surface area contributed by atoms with Gasteiger partial charge in [0.2, 0.25) is 10.0 Å². The van der Waals surface area contributed by atoms with Crippen LogP contribution in [0.15, 0.2) is 82.1 Å². The molecule has 1 aliphatic heterocycles. The van der Waals surface area contributed by atoms with E-state index in [1.807, 2.05) is 30.3 Å². The Kier molecular flexibility index (Phi) is 8.43. The lowest BCUT2D eigenvalue weighted by Gasteiger charge is -2.32. The fourth-order valence-corrected chi connectivity index (χ4v) is 5.29. The maximum Gasteiger partial charge on any atom is 0.238 e. The van der Waals surface area contributed by atoms with Crippen molar-refractivity contribution >= 4 is 10.0 Å². The van der Waals surface area contributed by atoms with Crippen molar-refractivity contribution in [1.29, 1.82) is 0 Å². The third-order valence-corrected chi connectivity index (χ3v) is 7.86. The first-order valence-electron chi connectivity index (χ1n) is 13.1. The second-order valence-corrected chi connectivity index (χ2v) is 11.4. The number of aryl methyl sites for hydroxylation is 1. The molecule has 4 aromatic rings. The minimum absolute atomic E-state index is 0.0155. The van der Waals surface area contributed by atoms with E-state index < -0.39 is 21.4 Å². The van der Waals surface area contributed by atoms with Crippen LogP contribution in [0.1, 0.15) is 36.3 Å². The number of halogens is 1. The number of ether oxygens (including phenoxy) is 2. The normalized spacial score (nSPS) is 15.3. The van der Waals surface area contributed by atoms with Gasteiger partial charge in [0, 0.05) is 50.2 Å². The summed E-state index contributed by atoms with van der Waals surface area (Å²) in [6, 6.07) is 20.3. The molecule has 2 heterocycles. The topological polar surface area (TPSA) is 125 Å². The van der Waals surface area contributed by atoms with Gasteiger partial charge in [0.05, 0.1) is 17.1 Å². The van der Waals surface area contributed by atoms with Crippen molar-refractivity contribution in [3.8, 4) is 22.6 Å². The van der Waals surface area contributed by atoms with Crippen molar-refractivity contribution in [2.45, 2.75) is 42.8 Å².